The molecule has 8 heteroatoms. The van der Waals surface area contributed by atoms with Gasteiger partial charge in [0, 0.05) is 17.7 Å². The molecule has 0 saturated heterocycles. The maximum atomic E-state index is 12.8. The number of benzene rings is 1. The maximum absolute atomic E-state index is 12.8. The van der Waals surface area contributed by atoms with Gasteiger partial charge in [0.2, 0.25) is 0 Å². The fourth-order valence-electron chi connectivity index (χ4n) is 3.81. The van der Waals surface area contributed by atoms with Crippen LogP contribution in [0.5, 0.6) is 0 Å². The number of carbonyl (C=O) groups is 2. The average molecular weight is 405 g/mol. The van der Waals surface area contributed by atoms with E-state index in [0.29, 0.717) is 24.1 Å². The lowest BCUT2D eigenvalue weighted by molar-refractivity contribution is 0.0910. The summed E-state index contributed by atoms with van der Waals surface area (Å²) in [4.78, 5) is 44.4. The molecule has 1 aliphatic rings. The SMILES string of the molecule is CC(NC(=O)c1cc2c([nH]c1=O)CC(C)(C)CC2=O)c1ccc(-n2cncn2)cc1. The zero-order valence-corrected chi connectivity index (χ0v) is 17.1. The van der Waals surface area contributed by atoms with Crippen LogP contribution in [-0.4, -0.2) is 31.4 Å². The monoisotopic (exact) mass is 405 g/mol. The number of fused-ring (bicyclic) bond motifs is 1. The van der Waals surface area contributed by atoms with Crippen LogP contribution < -0.4 is 10.9 Å². The van der Waals surface area contributed by atoms with E-state index in [1.54, 1.807) is 11.0 Å². The minimum Gasteiger partial charge on any atom is -0.345 e. The second-order valence-corrected chi connectivity index (χ2v) is 8.47. The standard InChI is InChI=1S/C22H23N5O3/c1-13(14-4-6-15(7-5-14)27-12-23-11-24-27)25-20(29)17-8-16-18(26-21(17)30)9-22(2,3)10-19(16)28/h4-8,11-13H,9-10H2,1-3H3,(H,25,29)(H,26,30). The minimum atomic E-state index is -0.510. The van der Waals surface area contributed by atoms with Crippen molar-refractivity contribution in [3.05, 3.63) is 75.7 Å². The molecule has 30 heavy (non-hydrogen) atoms. The molecule has 0 saturated carbocycles. The molecule has 8 nitrogen and oxygen atoms in total. The number of carbonyl (C=O) groups excluding carboxylic acids is 2. The normalized spacial score (nSPS) is 16.0. The number of ketones is 1. The summed E-state index contributed by atoms with van der Waals surface area (Å²) in [5.74, 6) is -0.562. The lowest BCUT2D eigenvalue weighted by Gasteiger charge is -2.29. The topological polar surface area (TPSA) is 110 Å². The molecular weight excluding hydrogens is 382 g/mol. The molecule has 0 bridgehead atoms. The zero-order chi connectivity index (χ0) is 21.5. The molecule has 1 atom stereocenters. The van der Waals surface area contributed by atoms with Gasteiger partial charge in [0.1, 0.15) is 18.2 Å². The predicted molar refractivity (Wildman–Crippen MR) is 111 cm³/mol. The molecule has 0 aliphatic heterocycles. The van der Waals surface area contributed by atoms with Crippen molar-refractivity contribution >= 4 is 11.7 Å². The lowest BCUT2D eigenvalue weighted by Crippen LogP contribution is -2.35. The van der Waals surface area contributed by atoms with Crippen molar-refractivity contribution in [2.45, 2.75) is 39.7 Å². The molecule has 1 unspecified atom stereocenters. The molecule has 3 aromatic rings. The van der Waals surface area contributed by atoms with Crippen molar-refractivity contribution in [2.24, 2.45) is 5.41 Å². The van der Waals surface area contributed by atoms with E-state index in [2.05, 4.69) is 20.4 Å². The minimum absolute atomic E-state index is 0.0482. The van der Waals surface area contributed by atoms with Crippen molar-refractivity contribution in [3.8, 4) is 5.69 Å². The van der Waals surface area contributed by atoms with E-state index in [1.165, 1.54) is 12.4 Å². The number of rotatable bonds is 4. The van der Waals surface area contributed by atoms with Gasteiger partial charge in [-0.15, -0.1) is 0 Å². The molecule has 0 fully saturated rings. The number of hydrogen-bond acceptors (Lipinski definition) is 5. The van der Waals surface area contributed by atoms with Crippen molar-refractivity contribution < 1.29 is 9.59 Å². The second-order valence-electron chi connectivity index (χ2n) is 8.47. The summed E-state index contributed by atoms with van der Waals surface area (Å²) in [6.07, 6.45) is 4.05. The largest absolute Gasteiger partial charge is 0.345 e. The molecule has 0 radical (unpaired) electrons. The molecule has 1 aliphatic carbocycles. The van der Waals surface area contributed by atoms with Gasteiger partial charge in [0.15, 0.2) is 5.78 Å². The summed E-state index contributed by atoms with van der Waals surface area (Å²) in [6, 6.07) is 8.61. The van der Waals surface area contributed by atoms with Gasteiger partial charge in [0.25, 0.3) is 11.5 Å². The molecule has 2 N–H and O–H groups in total. The molecule has 1 amide bonds. The summed E-state index contributed by atoms with van der Waals surface area (Å²) in [5, 5.41) is 6.92. The Labute approximate surface area is 173 Å². The van der Waals surface area contributed by atoms with Crippen LogP contribution >= 0.6 is 0 Å². The van der Waals surface area contributed by atoms with Gasteiger partial charge < -0.3 is 10.3 Å². The van der Waals surface area contributed by atoms with E-state index in [-0.39, 0.29) is 22.8 Å². The highest BCUT2D eigenvalue weighted by molar-refractivity contribution is 6.02. The third kappa shape index (κ3) is 3.80. The van der Waals surface area contributed by atoms with E-state index in [1.807, 2.05) is 45.0 Å². The van der Waals surface area contributed by atoms with Crippen LogP contribution in [0.4, 0.5) is 0 Å². The van der Waals surface area contributed by atoms with Gasteiger partial charge in [-0.25, -0.2) is 9.67 Å². The Balaban J connectivity index is 1.53. The Morgan fingerprint density at radius 1 is 1.20 bits per heavy atom. The smallest absolute Gasteiger partial charge is 0.261 e. The molecule has 154 valence electrons. The first-order valence-corrected chi connectivity index (χ1v) is 9.79. The first-order chi connectivity index (χ1) is 14.2. The summed E-state index contributed by atoms with van der Waals surface area (Å²) in [5.41, 5.74) is 2.03. The maximum Gasteiger partial charge on any atom is 0.261 e. The number of pyridine rings is 1. The van der Waals surface area contributed by atoms with Gasteiger partial charge >= 0.3 is 0 Å². The predicted octanol–water partition coefficient (Wildman–Crippen LogP) is 2.60. The molecule has 1 aromatic carbocycles. The molecular formula is C22H23N5O3. The Morgan fingerprint density at radius 3 is 2.60 bits per heavy atom. The summed E-state index contributed by atoms with van der Waals surface area (Å²) >= 11 is 0. The first-order valence-electron chi connectivity index (χ1n) is 9.79. The third-order valence-corrected chi connectivity index (χ3v) is 5.39. The fourth-order valence-corrected chi connectivity index (χ4v) is 3.81. The van der Waals surface area contributed by atoms with Gasteiger partial charge in [-0.3, -0.25) is 14.4 Å². The number of amides is 1. The Hall–Kier alpha value is -3.55. The molecule has 4 rings (SSSR count). The third-order valence-electron chi connectivity index (χ3n) is 5.39. The van der Waals surface area contributed by atoms with Crippen LogP contribution in [0.1, 0.15) is 65.2 Å². The van der Waals surface area contributed by atoms with Crippen LogP contribution in [0.15, 0.2) is 47.8 Å². The van der Waals surface area contributed by atoms with Crippen molar-refractivity contribution in [3.63, 3.8) is 0 Å². The van der Waals surface area contributed by atoms with Crippen molar-refractivity contribution in [1.82, 2.24) is 25.1 Å². The van der Waals surface area contributed by atoms with E-state index >= 15 is 0 Å². The highest BCUT2D eigenvalue weighted by Gasteiger charge is 2.32. The second kappa shape index (κ2) is 7.37. The number of Topliss-reactive ketones (excluding diaryl/α,β-unsaturated/α-hetero) is 1. The van der Waals surface area contributed by atoms with Crippen molar-refractivity contribution in [1.29, 1.82) is 0 Å². The summed E-state index contributed by atoms with van der Waals surface area (Å²) in [6.45, 7) is 5.81. The van der Waals surface area contributed by atoms with E-state index in [9.17, 15) is 14.4 Å². The number of aromatic nitrogens is 4. The molecule has 2 aromatic heterocycles. The average Bonchev–Trinajstić information content (AvgIpc) is 3.21. The first kappa shape index (κ1) is 19.8. The fraction of sp³-hybridized carbons (Fsp3) is 0.318. The van der Waals surface area contributed by atoms with Gasteiger partial charge in [-0.05, 0) is 42.5 Å². The lowest BCUT2D eigenvalue weighted by atomic mass is 9.75. The van der Waals surface area contributed by atoms with Crippen LogP contribution in [0.3, 0.4) is 0 Å². The highest BCUT2D eigenvalue weighted by Crippen LogP contribution is 2.33. The number of aromatic amines is 1. The van der Waals surface area contributed by atoms with E-state index in [0.717, 1.165) is 11.3 Å². The molecule has 0 spiro atoms. The van der Waals surface area contributed by atoms with E-state index < -0.39 is 11.5 Å². The Bertz CT molecular complexity index is 1160. The Morgan fingerprint density at radius 2 is 1.93 bits per heavy atom. The number of H-pyrrole nitrogens is 1. The van der Waals surface area contributed by atoms with Gasteiger partial charge in [0.05, 0.1) is 11.7 Å². The Kier molecular flexibility index (Phi) is 4.85. The van der Waals surface area contributed by atoms with Crippen LogP contribution in [0.25, 0.3) is 5.69 Å². The van der Waals surface area contributed by atoms with E-state index in [4.69, 9.17) is 0 Å². The highest BCUT2D eigenvalue weighted by atomic mass is 16.2. The van der Waals surface area contributed by atoms with Gasteiger partial charge in [-0.2, -0.15) is 5.10 Å². The summed E-state index contributed by atoms with van der Waals surface area (Å²) in [7, 11) is 0. The van der Waals surface area contributed by atoms with Crippen LogP contribution in [-0.2, 0) is 6.42 Å². The molecule has 2 heterocycles. The van der Waals surface area contributed by atoms with Crippen LogP contribution in [0, 0.1) is 5.41 Å². The number of nitrogens with zero attached hydrogens (tertiary/aromatic N) is 3. The summed E-state index contributed by atoms with van der Waals surface area (Å²) < 4.78 is 1.64. The quantitative estimate of drug-likeness (QED) is 0.693. The van der Waals surface area contributed by atoms with Gasteiger partial charge in [-0.1, -0.05) is 26.0 Å². The number of hydrogen-bond donors (Lipinski definition) is 2. The van der Waals surface area contributed by atoms with Crippen LogP contribution in [0.2, 0.25) is 0 Å². The zero-order valence-electron chi connectivity index (χ0n) is 17.1. The van der Waals surface area contributed by atoms with Crippen molar-refractivity contribution in [2.75, 3.05) is 0 Å². The number of nitrogens with one attached hydrogen (secondary N) is 2.